The predicted octanol–water partition coefficient (Wildman–Crippen LogP) is 2.35. The summed E-state index contributed by atoms with van der Waals surface area (Å²) >= 11 is 0. The molecule has 1 aliphatic heterocycles. The van der Waals surface area contributed by atoms with Gasteiger partial charge in [0.2, 0.25) is 10.0 Å². The maximum Gasteiger partial charge on any atom is 0.255 e. The van der Waals surface area contributed by atoms with Gasteiger partial charge < -0.3 is 14.8 Å². The zero-order valence-electron chi connectivity index (χ0n) is 18.8. The number of nitrogens with one attached hydrogen (secondary N) is 1. The molecule has 1 saturated heterocycles. The predicted molar refractivity (Wildman–Crippen MR) is 123 cm³/mol. The molecule has 1 N–H and O–H groups in total. The van der Waals surface area contributed by atoms with Gasteiger partial charge in [-0.2, -0.15) is 0 Å². The fourth-order valence-corrected chi connectivity index (χ4v) is 4.44. The zero-order valence-corrected chi connectivity index (χ0v) is 19.7. The molecule has 0 radical (unpaired) electrons. The Morgan fingerprint density at radius 3 is 2.41 bits per heavy atom. The minimum absolute atomic E-state index is 0.0314. The Labute approximate surface area is 190 Å². The SMILES string of the molecule is COc1ccc(S(=O)(=O)N(C)C)cc1C(=O)NCc1ccc(OCCN2CCCC2)cc1. The molecule has 8 nitrogen and oxygen atoms in total. The van der Waals surface area contributed by atoms with Crippen LogP contribution >= 0.6 is 0 Å². The summed E-state index contributed by atoms with van der Waals surface area (Å²) in [5.74, 6) is 0.688. The van der Waals surface area contributed by atoms with Crippen LogP contribution < -0.4 is 14.8 Å². The van der Waals surface area contributed by atoms with E-state index >= 15 is 0 Å². The van der Waals surface area contributed by atoms with E-state index in [0.717, 1.165) is 35.3 Å². The number of ether oxygens (including phenoxy) is 2. The van der Waals surface area contributed by atoms with Crippen LogP contribution in [-0.2, 0) is 16.6 Å². The van der Waals surface area contributed by atoms with Crippen LogP contribution in [0.5, 0.6) is 11.5 Å². The van der Waals surface area contributed by atoms with Crippen molar-refractivity contribution in [2.75, 3.05) is 47.4 Å². The van der Waals surface area contributed by atoms with Crippen molar-refractivity contribution in [1.82, 2.24) is 14.5 Å². The number of amides is 1. The first-order valence-corrected chi connectivity index (χ1v) is 12.1. The number of sulfonamides is 1. The summed E-state index contributed by atoms with van der Waals surface area (Å²) in [6, 6.07) is 11.8. The van der Waals surface area contributed by atoms with E-state index in [2.05, 4.69) is 10.2 Å². The van der Waals surface area contributed by atoms with E-state index in [1.807, 2.05) is 24.3 Å². The second-order valence-electron chi connectivity index (χ2n) is 7.87. The molecule has 32 heavy (non-hydrogen) atoms. The number of hydrogen-bond donors (Lipinski definition) is 1. The van der Waals surface area contributed by atoms with Gasteiger partial charge in [0, 0.05) is 27.2 Å². The van der Waals surface area contributed by atoms with E-state index in [-0.39, 0.29) is 10.5 Å². The molecule has 2 aromatic carbocycles. The molecule has 1 aliphatic rings. The quantitative estimate of drug-likeness (QED) is 0.584. The molecule has 174 valence electrons. The van der Waals surface area contributed by atoms with Gasteiger partial charge in [-0.1, -0.05) is 12.1 Å². The van der Waals surface area contributed by atoms with Crippen molar-refractivity contribution in [3.63, 3.8) is 0 Å². The van der Waals surface area contributed by atoms with Crippen molar-refractivity contribution >= 4 is 15.9 Å². The molecule has 0 unspecified atom stereocenters. The number of rotatable bonds is 10. The van der Waals surface area contributed by atoms with Crippen molar-refractivity contribution in [3.05, 3.63) is 53.6 Å². The van der Waals surface area contributed by atoms with E-state index < -0.39 is 15.9 Å². The van der Waals surface area contributed by atoms with Gasteiger partial charge in [0.15, 0.2) is 0 Å². The highest BCUT2D eigenvalue weighted by Crippen LogP contribution is 2.24. The molecular formula is C23H31N3O5S. The Balaban J connectivity index is 1.58. The van der Waals surface area contributed by atoms with Crippen LogP contribution in [0.3, 0.4) is 0 Å². The molecule has 0 aromatic heterocycles. The topological polar surface area (TPSA) is 88.2 Å². The number of likely N-dealkylation sites (tertiary alicyclic amines) is 1. The molecule has 1 fully saturated rings. The monoisotopic (exact) mass is 461 g/mol. The summed E-state index contributed by atoms with van der Waals surface area (Å²) < 4.78 is 37.0. The minimum atomic E-state index is -3.66. The third-order valence-corrected chi connectivity index (χ3v) is 7.26. The third-order valence-electron chi connectivity index (χ3n) is 5.45. The van der Waals surface area contributed by atoms with Gasteiger partial charge in [0.1, 0.15) is 18.1 Å². The van der Waals surface area contributed by atoms with Gasteiger partial charge in [-0.05, 0) is 61.8 Å². The molecule has 9 heteroatoms. The van der Waals surface area contributed by atoms with Crippen molar-refractivity contribution in [2.45, 2.75) is 24.3 Å². The first kappa shape index (κ1) is 24.0. The molecule has 0 atom stereocenters. The molecule has 0 saturated carbocycles. The molecule has 2 aromatic rings. The Kier molecular flexibility index (Phi) is 8.11. The fraction of sp³-hybridized carbons (Fsp3) is 0.435. The van der Waals surface area contributed by atoms with Gasteiger partial charge in [-0.15, -0.1) is 0 Å². The van der Waals surface area contributed by atoms with Crippen LogP contribution in [0, 0.1) is 0 Å². The highest BCUT2D eigenvalue weighted by molar-refractivity contribution is 7.89. The zero-order chi connectivity index (χ0) is 23.1. The van der Waals surface area contributed by atoms with E-state index in [1.54, 1.807) is 0 Å². The second-order valence-corrected chi connectivity index (χ2v) is 10.0. The molecule has 0 bridgehead atoms. The van der Waals surface area contributed by atoms with Crippen LogP contribution in [0.15, 0.2) is 47.4 Å². The van der Waals surface area contributed by atoms with Crippen LogP contribution in [0.25, 0.3) is 0 Å². The average Bonchev–Trinajstić information content (AvgIpc) is 3.31. The maximum absolute atomic E-state index is 12.8. The first-order valence-electron chi connectivity index (χ1n) is 10.6. The summed E-state index contributed by atoms with van der Waals surface area (Å²) in [5, 5.41) is 2.82. The second kappa shape index (κ2) is 10.8. The van der Waals surface area contributed by atoms with Crippen molar-refractivity contribution in [3.8, 4) is 11.5 Å². The normalized spacial score (nSPS) is 14.5. The van der Waals surface area contributed by atoms with Crippen molar-refractivity contribution in [1.29, 1.82) is 0 Å². The Morgan fingerprint density at radius 1 is 1.09 bits per heavy atom. The number of methoxy groups -OCH3 is 1. The summed E-state index contributed by atoms with van der Waals surface area (Å²) in [4.78, 5) is 15.2. The Bertz CT molecular complexity index is 1020. The van der Waals surface area contributed by atoms with Gasteiger partial charge in [-0.25, -0.2) is 12.7 Å². The molecule has 1 amide bonds. The van der Waals surface area contributed by atoms with Crippen LogP contribution in [-0.4, -0.2) is 71.0 Å². The third kappa shape index (κ3) is 5.99. The number of benzene rings is 2. The van der Waals surface area contributed by atoms with Gasteiger partial charge in [0.05, 0.1) is 17.6 Å². The molecule has 3 rings (SSSR count). The van der Waals surface area contributed by atoms with E-state index in [4.69, 9.17) is 9.47 Å². The number of carbonyl (C=O) groups is 1. The summed E-state index contributed by atoms with van der Waals surface area (Å²) in [7, 11) is 0.664. The summed E-state index contributed by atoms with van der Waals surface area (Å²) in [6.07, 6.45) is 2.53. The average molecular weight is 462 g/mol. The molecule has 1 heterocycles. The lowest BCUT2D eigenvalue weighted by Gasteiger charge is -2.15. The van der Waals surface area contributed by atoms with Gasteiger partial charge >= 0.3 is 0 Å². The standard InChI is InChI=1S/C23H31N3O5S/c1-25(2)32(28,29)20-10-11-22(30-3)21(16-20)23(27)24-17-18-6-8-19(9-7-18)31-15-14-26-12-4-5-13-26/h6-11,16H,4-5,12-15,17H2,1-3H3,(H,24,27). The molecule has 0 spiro atoms. The van der Waals surface area contributed by atoms with Gasteiger partial charge in [-0.3, -0.25) is 9.69 Å². The van der Waals surface area contributed by atoms with Crippen molar-refractivity contribution < 1.29 is 22.7 Å². The number of carbonyl (C=O) groups excluding carboxylic acids is 1. The maximum atomic E-state index is 12.8. The Morgan fingerprint density at radius 2 is 1.78 bits per heavy atom. The van der Waals surface area contributed by atoms with E-state index in [1.165, 1.54) is 52.2 Å². The van der Waals surface area contributed by atoms with Crippen molar-refractivity contribution in [2.24, 2.45) is 0 Å². The minimum Gasteiger partial charge on any atom is -0.496 e. The molecule has 0 aliphatic carbocycles. The van der Waals surface area contributed by atoms with Crippen LogP contribution in [0.4, 0.5) is 0 Å². The van der Waals surface area contributed by atoms with Crippen LogP contribution in [0.1, 0.15) is 28.8 Å². The molecular weight excluding hydrogens is 430 g/mol. The summed E-state index contributed by atoms with van der Waals surface area (Å²) in [6.45, 7) is 4.18. The highest BCUT2D eigenvalue weighted by Gasteiger charge is 2.21. The lowest BCUT2D eigenvalue weighted by Crippen LogP contribution is -2.25. The lowest BCUT2D eigenvalue weighted by atomic mass is 10.1. The number of hydrogen-bond acceptors (Lipinski definition) is 6. The summed E-state index contributed by atoms with van der Waals surface area (Å²) in [5.41, 5.74) is 1.07. The largest absolute Gasteiger partial charge is 0.496 e. The lowest BCUT2D eigenvalue weighted by molar-refractivity contribution is 0.0947. The van der Waals surface area contributed by atoms with E-state index in [0.29, 0.717) is 18.9 Å². The smallest absolute Gasteiger partial charge is 0.255 e. The fourth-order valence-electron chi connectivity index (χ4n) is 3.52. The van der Waals surface area contributed by atoms with Gasteiger partial charge in [0.25, 0.3) is 5.91 Å². The first-order chi connectivity index (χ1) is 15.3. The Hall–Kier alpha value is -2.62. The number of nitrogens with zero attached hydrogens (tertiary/aromatic N) is 2. The van der Waals surface area contributed by atoms with Crippen LogP contribution in [0.2, 0.25) is 0 Å². The highest BCUT2D eigenvalue weighted by atomic mass is 32.2. The van der Waals surface area contributed by atoms with E-state index in [9.17, 15) is 13.2 Å².